The molecule has 4 unspecified atom stereocenters. The van der Waals surface area contributed by atoms with Gasteiger partial charge in [0, 0.05) is 34.2 Å². The van der Waals surface area contributed by atoms with Crippen LogP contribution in [0, 0.1) is 30.1 Å². The summed E-state index contributed by atoms with van der Waals surface area (Å²) < 4.78 is 9.06. The fourth-order valence-corrected chi connectivity index (χ4v) is 7.07. The summed E-state index contributed by atoms with van der Waals surface area (Å²) in [5.74, 6) is 5.31. The van der Waals surface area contributed by atoms with Crippen LogP contribution in [0.5, 0.6) is 0 Å². The first kappa shape index (κ1) is 23.9. The topological polar surface area (TPSA) is 14.2 Å². The molecule has 2 heteroatoms. The lowest BCUT2D eigenvalue weighted by molar-refractivity contribution is 0.154. The number of hydrogen-bond acceptors (Lipinski definition) is 1. The number of hydrogen-bond donors (Lipinski definition) is 0. The molecule has 1 aromatic carbocycles. The van der Waals surface area contributed by atoms with E-state index in [1.807, 2.05) is 19.1 Å². The first-order valence-corrected chi connectivity index (χ1v) is 14.2. The first-order chi connectivity index (χ1) is 19.3. The maximum absolute atomic E-state index is 6.60. The molecule has 2 heterocycles. The summed E-state index contributed by atoms with van der Waals surface area (Å²) in [5, 5.41) is 1.17. The third-order valence-corrected chi connectivity index (χ3v) is 8.77. The van der Waals surface area contributed by atoms with Gasteiger partial charge in [-0.1, -0.05) is 96.5 Å². The summed E-state index contributed by atoms with van der Waals surface area (Å²) in [6, 6.07) is 8.67. The van der Waals surface area contributed by atoms with Crippen molar-refractivity contribution in [3.05, 3.63) is 132 Å². The highest BCUT2D eigenvalue weighted by atomic mass is 16.5. The van der Waals surface area contributed by atoms with E-state index in [-0.39, 0.29) is 12.0 Å². The summed E-state index contributed by atoms with van der Waals surface area (Å²) in [6.07, 6.45) is 41.2. The molecule has 5 atom stereocenters. The fraction of sp³-hybridized carbons (Fsp3) is 0.243. The van der Waals surface area contributed by atoms with Crippen molar-refractivity contribution in [2.45, 2.75) is 38.2 Å². The van der Waals surface area contributed by atoms with Crippen LogP contribution < -0.4 is 0 Å². The van der Waals surface area contributed by atoms with E-state index in [9.17, 15) is 0 Å². The van der Waals surface area contributed by atoms with Crippen molar-refractivity contribution < 1.29 is 4.74 Å². The number of fused-ring (bicyclic) bond motifs is 6. The van der Waals surface area contributed by atoms with Crippen molar-refractivity contribution >= 4 is 22.2 Å². The van der Waals surface area contributed by atoms with Gasteiger partial charge in [-0.3, -0.25) is 0 Å². The number of rotatable bonds is 3. The second-order valence-corrected chi connectivity index (χ2v) is 11.0. The Bertz CT molecular complexity index is 1650. The van der Waals surface area contributed by atoms with Crippen LogP contribution in [-0.4, -0.2) is 10.7 Å². The van der Waals surface area contributed by atoms with Gasteiger partial charge in [0.1, 0.15) is 11.9 Å². The fourth-order valence-electron chi connectivity index (χ4n) is 7.07. The molecule has 1 aromatic heterocycles. The third-order valence-electron chi connectivity index (χ3n) is 8.77. The van der Waals surface area contributed by atoms with Crippen LogP contribution in [0.4, 0.5) is 0 Å². The second kappa shape index (κ2) is 9.83. The molecule has 192 valence electrons. The molecule has 39 heavy (non-hydrogen) atoms. The molecular formula is C37H33NO. The van der Waals surface area contributed by atoms with Gasteiger partial charge < -0.3 is 9.30 Å². The van der Waals surface area contributed by atoms with Gasteiger partial charge in [0.25, 0.3) is 0 Å². The number of ether oxygens (including phenoxy) is 1. The zero-order chi connectivity index (χ0) is 26.3. The largest absolute Gasteiger partial charge is 0.484 e. The van der Waals surface area contributed by atoms with Gasteiger partial charge in [0.15, 0.2) is 0 Å². The molecule has 4 aliphatic carbocycles. The molecule has 0 spiro atoms. The number of allylic oxidation sites excluding steroid dienone is 15. The standard InChI is InChI=1S/C37H33NO/c1-3-13-34-28(4-2)36-31-19-7-9-22-33(31)38(37(36)32-20-8-10-23-35(32)39-34)27-17-11-16-26(24-27)30-21-12-15-25-14-5-6-18-29(25)30/h2-3,6-13,15,17-26,29,32,35H,5,14,16H2,1H3/b13-3-/t25?,26-,29?,32?,35?/m1/s1. The molecule has 0 bridgehead atoms. The Hall–Kier alpha value is -4.22. The van der Waals surface area contributed by atoms with E-state index < -0.39 is 0 Å². The lowest BCUT2D eigenvalue weighted by Gasteiger charge is -2.34. The van der Waals surface area contributed by atoms with Crippen molar-refractivity contribution in [3.63, 3.8) is 0 Å². The zero-order valence-corrected chi connectivity index (χ0v) is 22.3. The molecule has 2 aromatic rings. The minimum atomic E-state index is -0.128. The highest BCUT2D eigenvalue weighted by Gasteiger charge is 2.36. The van der Waals surface area contributed by atoms with Crippen molar-refractivity contribution in [2.24, 2.45) is 17.8 Å². The van der Waals surface area contributed by atoms with Gasteiger partial charge in [-0.15, -0.1) is 6.42 Å². The maximum atomic E-state index is 6.60. The molecule has 0 N–H and O–H groups in total. The SMILES string of the molecule is C#CC1=C(/C=C\C)OC2C=CC=CC2c2c1c1ccccc1n2C1=C[C@H](C2=CC=CC3CCC=CC23)CC=C1. The van der Waals surface area contributed by atoms with Crippen LogP contribution in [0.15, 0.2) is 121 Å². The number of nitrogens with zero attached hydrogens (tertiary/aromatic N) is 1. The molecule has 0 fully saturated rings. The molecule has 2 nitrogen and oxygen atoms in total. The van der Waals surface area contributed by atoms with E-state index in [0.29, 0.717) is 17.8 Å². The number of aromatic nitrogens is 1. The predicted octanol–water partition coefficient (Wildman–Crippen LogP) is 8.67. The Labute approximate surface area is 231 Å². The number of benzene rings is 1. The van der Waals surface area contributed by atoms with Crippen LogP contribution in [0.1, 0.15) is 43.4 Å². The lowest BCUT2D eigenvalue weighted by atomic mass is 9.71. The predicted molar refractivity (Wildman–Crippen MR) is 162 cm³/mol. The van der Waals surface area contributed by atoms with Crippen LogP contribution in [0.2, 0.25) is 0 Å². The van der Waals surface area contributed by atoms with Crippen molar-refractivity contribution in [2.75, 3.05) is 0 Å². The Balaban J connectivity index is 1.46. The smallest absolute Gasteiger partial charge is 0.136 e. The van der Waals surface area contributed by atoms with Crippen molar-refractivity contribution in [1.82, 2.24) is 4.57 Å². The Morgan fingerprint density at radius 3 is 2.82 bits per heavy atom. The lowest BCUT2D eigenvalue weighted by Crippen LogP contribution is -2.24. The Kier molecular flexibility index (Phi) is 6.01. The summed E-state index contributed by atoms with van der Waals surface area (Å²) in [7, 11) is 0. The molecule has 0 saturated carbocycles. The summed E-state index contributed by atoms with van der Waals surface area (Å²) >= 11 is 0. The molecular weight excluding hydrogens is 474 g/mol. The van der Waals surface area contributed by atoms with E-state index in [1.54, 1.807) is 0 Å². The van der Waals surface area contributed by atoms with Gasteiger partial charge in [0.2, 0.25) is 0 Å². The van der Waals surface area contributed by atoms with Gasteiger partial charge in [-0.05, 0) is 56.4 Å². The Morgan fingerprint density at radius 1 is 1.03 bits per heavy atom. The zero-order valence-electron chi connectivity index (χ0n) is 22.3. The molecule has 1 aliphatic heterocycles. The second-order valence-electron chi connectivity index (χ2n) is 11.0. The van der Waals surface area contributed by atoms with Gasteiger partial charge in [0.05, 0.1) is 17.0 Å². The highest BCUT2D eigenvalue weighted by molar-refractivity contribution is 6.02. The van der Waals surface area contributed by atoms with Crippen LogP contribution >= 0.6 is 0 Å². The van der Waals surface area contributed by atoms with Crippen molar-refractivity contribution in [1.29, 1.82) is 0 Å². The molecule has 5 aliphatic rings. The van der Waals surface area contributed by atoms with E-state index in [1.165, 1.54) is 40.7 Å². The van der Waals surface area contributed by atoms with Crippen LogP contribution in [0.25, 0.3) is 22.2 Å². The minimum Gasteiger partial charge on any atom is -0.484 e. The average Bonchev–Trinajstić information content (AvgIpc) is 3.25. The number of terminal acetylenes is 1. The molecule has 0 amide bonds. The molecule has 0 radical (unpaired) electrons. The monoisotopic (exact) mass is 507 g/mol. The van der Waals surface area contributed by atoms with Gasteiger partial charge in [-0.25, -0.2) is 0 Å². The Morgan fingerprint density at radius 2 is 1.92 bits per heavy atom. The van der Waals surface area contributed by atoms with E-state index in [0.717, 1.165) is 23.3 Å². The van der Waals surface area contributed by atoms with E-state index >= 15 is 0 Å². The van der Waals surface area contributed by atoms with Gasteiger partial charge in [-0.2, -0.15) is 0 Å². The maximum Gasteiger partial charge on any atom is 0.136 e. The van der Waals surface area contributed by atoms with E-state index in [4.69, 9.17) is 11.2 Å². The summed E-state index contributed by atoms with van der Waals surface area (Å²) in [6.45, 7) is 2.01. The number of para-hydroxylation sites is 1. The van der Waals surface area contributed by atoms with Crippen LogP contribution in [0.3, 0.4) is 0 Å². The van der Waals surface area contributed by atoms with Gasteiger partial charge >= 0.3 is 0 Å². The molecule has 7 rings (SSSR count). The van der Waals surface area contributed by atoms with Crippen molar-refractivity contribution in [3.8, 4) is 12.3 Å². The normalized spacial score (nSPS) is 28.9. The first-order valence-electron chi connectivity index (χ1n) is 14.2. The molecule has 0 saturated heterocycles. The summed E-state index contributed by atoms with van der Waals surface area (Å²) in [4.78, 5) is 0. The quantitative estimate of drug-likeness (QED) is 0.299. The minimum absolute atomic E-state index is 0.0423. The summed E-state index contributed by atoms with van der Waals surface area (Å²) in [5.41, 5.74) is 7.07. The van der Waals surface area contributed by atoms with Crippen LogP contribution in [-0.2, 0) is 4.74 Å². The third kappa shape index (κ3) is 3.88. The highest BCUT2D eigenvalue weighted by Crippen LogP contribution is 2.47. The average molecular weight is 508 g/mol. The van der Waals surface area contributed by atoms with E-state index in [2.05, 4.69) is 108 Å².